The van der Waals surface area contributed by atoms with Crippen LogP contribution in [0.2, 0.25) is 0 Å². The first kappa shape index (κ1) is 14.5. The second-order valence-corrected chi connectivity index (χ2v) is 5.82. The van der Waals surface area contributed by atoms with E-state index in [9.17, 15) is 13.2 Å². The van der Waals surface area contributed by atoms with E-state index in [1.807, 2.05) is 6.07 Å². The van der Waals surface area contributed by atoms with Gasteiger partial charge in [0.25, 0.3) is 10.0 Å². The van der Waals surface area contributed by atoms with Crippen LogP contribution >= 0.6 is 0 Å². The number of rotatable bonds is 4. The summed E-state index contributed by atoms with van der Waals surface area (Å²) in [5, 5.41) is 23.3. The molecular formula is C12H10N4O4S. The van der Waals surface area contributed by atoms with Gasteiger partial charge in [0.05, 0.1) is 16.5 Å². The number of benzene rings is 1. The van der Waals surface area contributed by atoms with Crippen LogP contribution in [0.25, 0.3) is 0 Å². The lowest BCUT2D eigenvalue weighted by atomic mass is 10.2. The van der Waals surface area contributed by atoms with Crippen molar-refractivity contribution in [3.05, 3.63) is 41.1 Å². The lowest BCUT2D eigenvalue weighted by molar-refractivity contribution is 0.0690. The number of aryl methyl sites for hydroxylation is 1. The number of H-pyrrole nitrogens is 1. The van der Waals surface area contributed by atoms with Gasteiger partial charge in [0, 0.05) is 6.07 Å². The summed E-state index contributed by atoms with van der Waals surface area (Å²) in [4.78, 5) is 10.6. The molecule has 0 aliphatic heterocycles. The molecule has 0 spiro atoms. The molecule has 0 aliphatic rings. The van der Waals surface area contributed by atoms with E-state index in [-0.39, 0.29) is 22.0 Å². The van der Waals surface area contributed by atoms with Gasteiger partial charge >= 0.3 is 5.97 Å². The van der Waals surface area contributed by atoms with Gasteiger partial charge in [-0.05, 0) is 24.6 Å². The van der Waals surface area contributed by atoms with Crippen molar-refractivity contribution in [2.24, 2.45) is 0 Å². The molecule has 8 nitrogen and oxygen atoms in total. The molecule has 2 rings (SSSR count). The van der Waals surface area contributed by atoms with Gasteiger partial charge in [0.2, 0.25) is 0 Å². The number of aromatic nitrogens is 2. The number of aromatic carboxylic acids is 1. The molecule has 21 heavy (non-hydrogen) atoms. The van der Waals surface area contributed by atoms with Crippen molar-refractivity contribution in [1.29, 1.82) is 5.26 Å². The van der Waals surface area contributed by atoms with Crippen LogP contribution < -0.4 is 4.72 Å². The van der Waals surface area contributed by atoms with Gasteiger partial charge in [-0.3, -0.25) is 9.82 Å². The largest absolute Gasteiger partial charge is 0.477 e. The highest BCUT2D eigenvalue weighted by Gasteiger charge is 2.19. The summed E-state index contributed by atoms with van der Waals surface area (Å²) < 4.78 is 26.7. The fourth-order valence-electron chi connectivity index (χ4n) is 1.64. The predicted octanol–water partition coefficient (Wildman–Crippen LogP) is 1.09. The molecule has 108 valence electrons. The molecule has 9 heteroatoms. The van der Waals surface area contributed by atoms with Gasteiger partial charge in [-0.15, -0.1) is 0 Å². The van der Waals surface area contributed by atoms with Gasteiger partial charge in [-0.1, -0.05) is 6.07 Å². The summed E-state index contributed by atoms with van der Waals surface area (Å²) in [6.45, 7) is 1.59. The number of sulfonamides is 1. The topological polar surface area (TPSA) is 136 Å². The Morgan fingerprint density at radius 1 is 1.43 bits per heavy atom. The van der Waals surface area contributed by atoms with Crippen molar-refractivity contribution in [3.63, 3.8) is 0 Å². The summed E-state index contributed by atoms with van der Waals surface area (Å²) in [7, 11) is -3.97. The second kappa shape index (κ2) is 5.26. The third-order valence-electron chi connectivity index (χ3n) is 2.65. The molecule has 0 amide bonds. The summed E-state index contributed by atoms with van der Waals surface area (Å²) in [5.74, 6) is -1.40. The molecule has 3 N–H and O–H groups in total. The van der Waals surface area contributed by atoms with Crippen LogP contribution in [0.4, 0.5) is 5.82 Å². The molecule has 0 saturated carbocycles. The highest BCUT2D eigenvalue weighted by Crippen LogP contribution is 2.20. The van der Waals surface area contributed by atoms with Crippen LogP contribution in [0, 0.1) is 18.3 Å². The standard InChI is InChI=1S/C12H10N4O4S/c1-7-2-3-8(6-13)4-10(7)21(19,20)16-11-5-9(12(17)18)14-15-11/h2-5H,1H3,(H,17,18)(H2,14,15,16). The Morgan fingerprint density at radius 2 is 2.14 bits per heavy atom. The highest BCUT2D eigenvalue weighted by molar-refractivity contribution is 7.92. The molecule has 0 radical (unpaired) electrons. The molecule has 0 bridgehead atoms. The maximum Gasteiger partial charge on any atom is 0.353 e. The zero-order valence-corrected chi connectivity index (χ0v) is 11.6. The number of hydrogen-bond acceptors (Lipinski definition) is 5. The number of carboxylic acid groups (broad SMARTS) is 1. The third kappa shape index (κ3) is 3.01. The van der Waals surface area contributed by atoms with Crippen LogP contribution in [0.15, 0.2) is 29.2 Å². The van der Waals surface area contributed by atoms with E-state index in [2.05, 4.69) is 14.9 Å². The maximum absolute atomic E-state index is 12.2. The van der Waals surface area contributed by atoms with E-state index in [0.717, 1.165) is 6.07 Å². The lowest BCUT2D eigenvalue weighted by Crippen LogP contribution is -2.14. The molecule has 0 atom stereocenters. The molecule has 1 heterocycles. The maximum atomic E-state index is 12.2. The van der Waals surface area contributed by atoms with Crippen molar-refractivity contribution < 1.29 is 18.3 Å². The average molecular weight is 306 g/mol. The summed E-state index contributed by atoms with van der Waals surface area (Å²) in [6.07, 6.45) is 0. The number of anilines is 1. The number of carbonyl (C=O) groups is 1. The van der Waals surface area contributed by atoms with Crippen LogP contribution in [-0.2, 0) is 10.0 Å². The zero-order valence-electron chi connectivity index (χ0n) is 10.8. The lowest BCUT2D eigenvalue weighted by Gasteiger charge is -2.08. The van der Waals surface area contributed by atoms with Gasteiger partial charge in [0.15, 0.2) is 5.82 Å². The minimum atomic E-state index is -3.97. The normalized spacial score (nSPS) is 10.9. The van der Waals surface area contributed by atoms with Crippen LogP contribution in [0.1, 0.15) is 21.6 Å². The van der Waals surface area contributed by atoms with E-state index < -0.39 is 16.0 Å². The fourth-order valence-corrected chi connectivity index (χ4v) is 2.90. The van der Waals surface area contributed by atoms with Crippen LogP contribution in [0.5, 0.6) is 0 Å². The van der Waals surface area contributed by atoms with Gasteiger partial charge in [-0.25, -0.2) is 13.2 Å². The molecular weight excluding hydrogens is 296 g/mol. The Hall–Kier alpha value is -2.86. The smallest absolute Gasteiger partial charge is 0.353 e. The van der Waals surface area contributed by atoms with Crippen molar-refractivity contribution in [2.45, 2.75) is 11.8 Å². The van der Waals surface area contributed by atoms with E-state index >= 15 is 0 Å². The number of hydrogen-bond donors (Lipinski definition) is 3. The molecule has 0 aliphatic carbocycles. The molecule has 1 aromatic heterocycles. The Labute approximate surface area is 120 Å². The van der Waals surface area contributed by atoms with Crippen molar-refractivity contribution in [3.8, 4) is 6.07 Å². The Morgan fingerprint density at radius 3 is 2.71 bits per heavy atom. The summed E-state index contributed by atoms with van der Waals surface area (Å²) in [6, 6.07) is 7.17. The minimum Gasteiger partial charge on any atom is -0.477 e. The molecule has 1 aromatic carbocycles. The Bertz CT molecular complexity index is 848. The first-order valence-corrected chi connectivity index (χ1v) is 7.14. The van der Waals surface area contributed by atoms with E-state index in [1.54, 1.807) is 6.92 Å². The monoisotopic (exact) mass is 306 g/mol. The minimum absolute atomic E-state index is 0.0681. The first-order valence-electron chi connectivity index (χ1n) is 5.66. The number of carboxylic acids is 1. The average Bonchev–Trinajstić information content (AvgIpc) is 2.87. The van der Waals surface area contributed by atoms with Crippen molar-refractivity contribution >= 4 is 21.8 Å². The number of nitrogens with zero attached hydrogens (tertiary/aromatic N) is 2. The number of nitrogens with one attached hydrogen (secondary N) is 2. The van der Waals surface area contributed by atoms with E-state index in [0.29, 0.717) is 5.56 Å². The number of aromatic amines is 1. The second-order valence-electron chi connectivity index (χ2n) is 4.17. The molecule has 0 unspecified atom stereocenters. The van der Waals surface area contributed by atoms with Crippen molar-refractivity contribution in [2.75, 3.05) is 4.72 Å². The highest BCUT2D eigenvalue weighted by atomic mass is 32.2. The molecule has 2 aromatic rings. The van der Waals surface area contributed by atoms with E-state index in [1.165, 1.54) is 18.2 Å². The summed E-state index contributed by atoms with van der Waals surface area (Å²) >= 11 is 0. The third-order valence-corrected chi connectivity index (χ3v) is 4.15. The SMILES string of the molecule is Cc1ccc(C#N)cc1S(=O)(=O)Nc1cc(C(=O)O)[nH]n1. The molecule has 0 saturated heterocycles. The first-order chi connectivity index (χ1) is 9.83. The van der Waals surface area contributed by atoms with Gasteiger partial charge in [0.1, 0.15) is 5.69 Å². The zero-order chi connectivity index (χ0) is 15.6. The van der Waals surface area contributed by atoms with Crippen molar-refractivity contribution in [1.82, 2.24) is 10.2 Å². The summed E-state index contributed by atoms with van der Waals surface area (Å²) in [5.41, 5.74) is 0.417. The predicted molar refractivity (Wildman–Crippen MR) is 72.2 cm³/mol. The fraction of sp³-hybridized carbons (Fsp3) is 0.0833. The Kier molecular flexibility index (Phi) is 3.64. The number of nitriles is 1. The van der Waals surface area contributed by atoms with Gasteiger partial charge in [-0.2, -0.15) is 10.4 Å². The van der Waals surface area contributed by atoms with E-state index in [4.69, 9.17) is 10.4 Å². The van der Waals surface area contributed by atoms with Gasteiger partial charge < -0.3 is 5.11 Å². The Balaban J connectivity index is 2.38. The van der Waals surface area contributed by atoms with Crippen LogP contribution in [-0.4, -0.2) is 29.7 Å². The van der Waals surface area contributed by atoms with Crippen LogP contribution in [0.3, 0.4) is 0 Å². The quantitative estimate of drug-likeness (QED) is 0.773. The molecule has 0 fully saturated rings.